The molecule has 1 saturated heterocycles. The predicted molar refractivity (Wildman–Crippen MR) is 110 cm³/mol. The highest BCUT2D eigenvalue weighted by molar-refractivity contribution is 5.73. The molecular weight excluding hydrogens is 352 g/mol. The second-order valence-corrected chi connectivity index (χ2v) is 8.23. The lowest BCUT2D eigenvalue weighted by Gasteiger charge is -2.29. The van der Waals surface area contributed by atoms with Crippen molar-refractivity contribution in [3.8, 4) is 5.75 Å². The Morgan fingerprint density at radius 3 is 2.75 bits per heavy atom. The second-order valence-electron chi connectivity index (χ2n) is 8.23. The van der Waals surface area contributed by atoms with E-state index < -0.39 is 0 Å². The van der Waals surface area contributed by atoms with Crippen LogP contribution in [0.2, 0.25) is 0 Å². The fraction of sp³-hybridized carbons (Fsp3) is 0.522. The van der Waals surface area contributed by atoms with Gasteiger partial charge in [0, 0.05) is 39.0 Å². The van der Waals surface area contributed by atoms with E-state index in [0.29, 0.717) is 17.8 Å². The molecule has 2 aromatic rings. The molecule has 1 fully saturated rings. The average Bonchev–Trinajstić information content (AvgIpc) is 3.31. The monoisotopic (exact) mass is 384 g/mol. The Labute approximate surface area is 168 Å². The summed E-state index contributed by atoms with van der Waals surface area (Å²) in [5, 5.41) is 0. The molecule has 0 unspecified atom stereocenters. The summed E-state index contributed by atoms with van der Waals surface area (Å²) in [6, 6.07) is 12.3. The molecule has 1 aliphatic heterocycles. The van der Waals surface area contributed by atoms with E-state index in [4.69, 9.17) is 9.15 Å². The number of likely N-dealkylation sites (tertiary alicyclic amines) is 1. The molecule has 0 N–H and O–H groups in total. The van der Waals surface area contributed by atoms with Gasteiger partial charge in [0.05, 0.1) is 19.9 Å². The van der Waals surface area contributed by atoms with E-state index in [-0.39, 0.29) is 5.91 Å². The van der Waals surface area contributed by atoms with Crippen LogP contribution in [0.25, 0.3) is 0 Å². The molecule has 5 nitrogen and oxygen atoms in total. The molecule has 0 saturated carbocycles. The number of furan rings is 1. The molecule has 1 aromatic carbocycles. The molecule has 1 aromatic heterocycles. The zero-order valence-corrected chi connectivity index (χ0v) is 17.4. The number of ether oxygens (including phenoxy) is 1. The maximum atomic E-state index is 12.2. The van der Waals surface area contributed by atoms with Crippen molar-refractivity contribution >= 4 is 5.91 Å². The summed E-state index contributed by atoms with van der Waals surface area (Å²) < 4.78 is 11.0. The molecule has 5 heteroatoms. The Balaban J connectivity index is 1.80. The van der Waals surface area contributed by atoms with Gasteiger partial charge in [-0.05, 0) is 41.7 Å². The number of amides is 1. The maximum absolute atomic E-state index is 12.2. The van der Waals surface area contributed by atoms with Crippen LogP contribution in [-0.2, 0) is 11.3 Å². The van der Waals surface area contributed by atoms with Gasteiger partial charge in [-0.1, -0.05) is 26.0 Å². The molecular formula is C23H32N2O3. The van der Waals surface area contributed by atoms with E-state index in [1.54, 1.807) is 20.3 Å². The van der Waals surface area contributed by atoms with Crippen molar-refractivity contribution in [2.75, 3.05) is 33.3 Å². The zero-order valence-electron chi connectivity index (χ0n) is 17.4. The number of carbonyl (C=O) groups is 1. The lowest BCUT2D eigenvalue weighted by Crippen LogP contribution is -2.38. The minimum Gasteiger partial charge on any atom is -0.497 e. The Hall–Kier alpha value is -2.27. The van der Waals surface area contributed by atoms with Crippen LogP contribution in [0.3, 0.4) is 0 Å². The number of benzene rings is 1. The number of methoxy groups -OCH3 is 1. The summed E-state index contributed by atoms with van der Waals surface area (Å²) in [6.07, 6.45) is 1.72. The first-order valence-corrected chi connectivity index (χ1v) is 10.1. The maximum Gasteiger partial charge on any atom is 0.219 e. The highest BCUT2D eigenvalue weighted by Gasteiger charge is 2.35. The molecule has 0 spiro atoms. The number of carbonyl (C=O) groups excluding carboxylic acids is 1. The summed E-state index contributed by atoms with van der Waals surface area (Å²) in [5.41, 5.74) is 1.28. The summed E-state index contributed by atoms with van der Waals surface area (Å²) in [7, 11) is 1.70. The highest BCUT2D eigenvalue weighted by Crippen LogP contribution is 2.35. The van der Waals surface area contributed by atoms with Crippen LogP contribution in [0.4, 0.5) is 0 Å². The van der Waals surface area contributed by atoms with Gasteiger partial charge < -0.3 is 14.1 Å². The fourth-order valence-corrected chi connectivity index (χ4v) is 4.20. The molecule has 0 radical (unpaired) electrons. The zero-order chi connectivity index (χ0) is 20.1. The van der Waals surface area contributed by atoms with Gasteiger partial charge in [0.25, 0.3) is 0 Å². The van der Waals surface area contributed by atoms with Crippen molar-refractivity contribution in [3.05, 3.63) is 54.0 Å². The lowest BCUT2D eigenvalue weighted by atomic mass is 9.88. The number of rotatable bonds is 8. The van der Waals surface area contributed by atoms with E-state index in [9.17, 15) is 4.79 Å². The molecule has 152 valence electrons. The van der Waals surface area contributed by atoms with E-state index in [0.717, 1.165) is 44.2 Å². The first-order valence-electron chi connectivity index (χ1n) is 10.1. The summed E-state index contributed by atoms with van der Waals surface area (Å²) >= 11 is 0. The van der Waals surface area contributed by atoms with Crippen molar-refractivity contribution in [2.24, 2.45) is 11.8 Å². The third kappa shape index (κ3) is 5.16. The van der Waals surface area contributed by atoms with Gasteiger partial charge in [-0.2, -0.15) is 0 Å². The van der Waals surface area contributed by atoms with Crippen molar-refractivity contribution < 1.29 is 13.9 Å². The van der Waals surface area contributed by atoms with Crippen LogP contribution in [-0.4, -0.2) is 49.0 Å². The fourth-order valence-electron chi connectivity index (χ4n) is 4.20. The second kappa shape index (κ2) is 9.28. The minimum atomic E-state index is 0.155. The molecule has 28 heavy (non-hydrogen) atoms. The van der Waals surface area contributed by atoms with Crippen LogP contribution < -0.4 is 4.74 Å². The predicted octanol–water partition coefficient (Wildman–Crippen LogP) is 4.01. The Bertz CT molecular complexity index is 757. The first-order chi connectivity index (χ1) is 13.5. The molecule has 1 amide bonds. The largest absolute Gasteiger partial charge is 0.497 e. The normalized spacial score (nSPS) is 19.9. The van der Waals surface area contributed by atoms with E-state index >= 15 is 0 Å². The van der Waals surface area contributed by atoms with Gasteiger partial charge >= 0.3 is 0 Å². The Morgan fingerprint density at radius 1 is 1.29 bits per heavy atom. The van der Waals surface area contributed by atoms with Gasteiger partial charge in [-0.25, -0.2) is 0 Å². The quantitative estimate of drug-likeness (QED) is 0.690. The van der Waals surface area contributed by atoms with Crippen molar-refractivity contribution in [2.45, 2.75) is 33.2 Å². The Kier molecular flexibility index (Phi) is 6.79. The third-order valence-corrected chi connectivity index (χ3v) is 5.48. The van der Waals surface area contributed by atoms with E-state index in [2.05, 4.69) is 36.9 Å². The summed E-state index contributed by atoms with van der Waals surface area (Å²) in [5.74, 6) is 3.22. The van der Waals surface area contributed by atoms with Crippen molar-refractivity contribution in [1.82, 2.24) is 9.80 Å². The highest BCUT2D eigenvalue weighted by atomic mass is 16.5. The van der Waals surface area contributed by atoms with Gasteiger partial charge in [-0.15, -0.1) is 0 Å². The average molecular weight is 385 g/mol. The van der Waals surface area contributed by atoms with Crippen molar-refractivity contribution in [1.29, 1.82) is 0 Å². The van der Waals surface area contributed by atoms with E-state index in [1.165, 1.54) is 5.56 Å². The number of hydrogen-bond acceptors (Lipinski definition) is 4. The first kappa shape index (κ1) is 20.5. The molecule has 0 bridgehead atoms. The Morgan fingerprint density at radius 2 is 2.11 bits per heavy atom. The smallest absolute Gasteiger partial charge is 0.219 e. The SMILES string of the molecule is COc1cccc([C@H]2CN(Cc3ccco3)C[C@@H]2CN(CC(C)C)C(C)=O)c1. The van der Waals surface area contributed by atoms with Gasteiger partial charge in [0.15, 0.2) is 0 Å². The molecule has 2 atom stereocenters. The topological polar surface area (TPSA) is 45.9 Å². The lowest BCUT2D eigenvalue weighted by molar-refractivity contribution is -0.130. The van der Waals surface area contributed by atoms with Gasteiger partial charge in [0.1, 0.15) is 11.5 Å². The minimum absolute atomic E-state index is 0.155. The van der Waals surface area contributed by atoms with Crippen LogP contribution in [0.1, 0.15) is 38.0 Å². The number of hydrogen-bond donors (Lipinski definition) is 0. The third-order valence-electron chi connectivity index (χ3n) is 5.48. The standard InChI is InChI=1S/C23H32N2O3/c1-17(2)12-25(18(3)26)14-20-13-24(15-22-9-6-10-28-22)16-23(20)19-7-5-8-21(11-19)27-4/h5-11,17,20,23H,12-16H2,1-4H3/t20-,23-/m1/s1. The molecule has 1 aliphatic rings. The van der Waals surface area contributed by atoms with Gasteiger partial charge in [-0.3, -0.25) is 9.69 Å². The summed E-state index contributed by atoms with van der Waals surface area (Å²) in [6.45, 7) is 10.3. The summed E-state index contributed by atoms with van der Waals surface area (Å²) in [4.78, 5) is 16.7. The molecule has 3 rings (SSSR count). The molecule has 2 heterocycles. The van der Waals surface area contributed by atoms with Gasteiger partial charge in [0.2, 0.25) is 5.91 Å². The van der Waals surface area contributed by atoms with Crippen LogP contribution in [0.15, 0.2) is 47.1 Å². The van der Waals surface area contributed by atoms with Crippen LogP contribution >= 0.6 is 0 Å². The van der Waals surface area contributed by atoms with E-state index in [1.807, 2.05) is 23.1 Å². The number of nitrogens with zero attached hydrogens (tertiary/aromatic N) is 2. The van der Waals surface area contributed by atoms with Crippen LogP contribution in [0.5, 0.6) is 5.75 Å². The van der Waals surface area contributed by atoms with Crippen molar-refractivity contribution in [3.63, 3.8) is 0 Å². The van der Waals surface area contributed by atoms with Crippen LogP contribution in [0, 0.1) is 11.8 Å². The molecule has 0 aliphatic carbocycles.